The Morgan fingerprint density at radius 1 is 1.00 bits per heavy atom. The van der Waals surface area contributed by atoms with Crippen molar-refractivity contribution in [3.8, 4) is 11.4 Å². The van der Waals surface area contributed by atoms with Crippen molar-refractivity contribution in [2.45, 2.75) is 32.7 Å². The summed E-state index contributed by atoms with van der Waals surface area (Å²) in [5, 5.41) is 2.85. The number of methoxy groups -OCH3 is 1. The number of hydrogen-bond donors (Lipinski definition) is 1. The fourth-order valence-electron chi connectivity index (χ4n) is 4.47. The maximum absolute atomic E-state index is 14.0. The van der Waals surface area contributed by atoms with Crippen molar-refractivity contribution < 1.29 is 14.3 Å². The van der Waals surface area contributed by atoms with Gasteiger partial charge in [0.25, 0.3) is 0 Å². The predicted molar refractivity (Wildman–Crippen MR) is 134 cm³/mol. The van der Waals surface area contributed by atoms with Gasteiger partial charge in [0.05, 0.1) is 24.2 Å². The van der Waals surface area contributed by atoms with E-state index in [2.05, 4.69) is 16.8 Å². The van der Waals surface area contributed by atoms with Crippen molar-refractivity contribution in [1.29, 1.82) is 0 Å². The van der Waals surface area contributed by atoms with E-state index in [0.717, 1.165) is 41.2 Å². The van der Waals surface area contributed by atoms with E-state index >= 15 is 0 Å². The summed E-state index contributed by atoms with van der Waals surface area (Å²) in [5.41, 5.74) is 3.74. The van der Waals surface area contributed by atoms with Crippen LogP contribution >= 0.6 is 0 Å². The molecule has 2 aromatic carbocycles. The highest BCUT2D eigenvalue weighted by Crippen LogP contribution is 2.42. The van der Waals surface area contributed by atoms with Gasteiger partial charge in [0.2, 0.25) is 5.91 Å². The van der Waals surface area contributed by atoms with Gasteiger partial charge < -0.3 is 19.5 Å². The van der Waals surface area contributed by atoms with E-state index < -0.39 is 0 Å². The number of ether oxygens (including phenoxy) is 1. The lowest BCUT2D eigenvalue weighted by Crippen LogP contribution is -2.49. The van der Waals surface area contributed by atoms with Gasteiger partial charge in [-0.25, -0.2) is 4.79 Å². The Morgan fingerprint density at radius 2 is 1.74 bits per heavy atom. The Labute approximate surface area is 200 Å². The molecule has 0 saturated carbocycles. The molecule has 7 nitrogen and oxygen atoms in total. The molecule has 1 aromatic heterocycles. The number of para-hydroxylation sites is 2. The molecule has 0 radical (unpaired) electrons. The molecule has 2 heterocycles. The number of nitrogens with zero attached hydrogens (tertiary/aromatic N) is 3. The number of anilines is 1. The third kappa shape index (κ3) is 4.51. The van der Waals surface area contributed by atoms with Crippen molar-refractivity contribution in [3.63, 3.8) is 0 Å². The zero-order chi connectivity index (χ0) is 24.1. The van der Waals surface area contributed by atoms with Crippen LogP contribution in [0, 0.1) is 0 Å². The highest BCUT2D eigenvalue weighted by molar-refractivity contribution is 6.00. The predicted octanol–water partition coefficient (Wildman–Crippen LogP) is 4.75. The Kier molecular flexibility index (Phi) is 7.21. The van der Waals surface area contributed by atoms with E-state index in [9.17, 15) is 9.59 Å². The highest BCUT2D eigenvalue weighted by Gasteiger charge is 2.36. The zero-order valence-electron chi connectivity index (χ0n) is 20.0. The van der Waals surface area contributed by atoms with Crippen LogP contribution in [0.5, 0.6) is 5.75 Å². The Bertz CT molecular complexity index is 1140. The van der Waals surface area contributed by atoms with Crippen LogP contribution in [0.1, 0.15) is 44.0 Å². The molecule has 0 bridgehead atoms. The zero-order valence-corrected chi connectivity index (χ0v) is 20.0. The van der Waals surface area contributed by atoms with E-state index in [1.807, 2.05) is 78.7 Å². The molecule has 1 unspecified atom stereocenters. The lowest BCUT2D eigenvalue weighted by atomic mass is 9.97. The molecule has 34 heavy (non-hydrogen) atoms. The van der Waals surface area contributed by atoms with Crippen LogP contribution in [-0.2, 0) is 4.79 Å². The first-order valence-corrected chi connectivity index (χ1v) is 11.8. The van der Waals surface area contributed by atoms with Crippen molar-refractivity contribution >= 4 is 17.6 Å². The first-order valence-electron chi connectivity index (χ1n) is 11.8. The van der Waals surface area contributed by atoms with Crippen LogP contribution in [0.15, 0.2) is 66.9 Å². The number of carbonyl (C=O) groups excluding carboxylic acids is 2. The molecule has 0 aliphatic carbocycles. The lowest BCUT2D eigenvalue weighted by molar-refractivity contribution is -0.119. The van der Waals surface area contributed by atoms with Gasteiger partial charge in [0.1, 0.15) is 18.3 Å². The smallest absolute Gasteiger partial charge is 0.317 e. The van der Waals surface area contributed by atoms with Crippen LogP contribution in [0.25, 0.3) is 5.69 Å². The fraction of sp³-hybridized carbons (Fsp3) is 0.333. The van der Waals surface area contributed by atoms with Gasteiger partial charge in [-0.2, -0.15) is 0 Å². The van der Waals surface area contributed by atoms with Crippen molar-refractivity contribution in [3.05, 3.63) is 78.1 Å². The summed E-state index contributed by atoms with van der Waals surface area (Å²) in [4.78, 5) is 30.1. The molecular formula is C27H32N4O3. The second kappa shape index (κ2) is 10.5. The third-order valence-electron chi connectivity index (χ3n) is 6.14. The number of fused-ring (bicyclic) bond motifs is 3. The van der Waals surface area contributed by atoms with Gasteiger partial charge >= 0.3 is 6.03 Å². The van der Waals surface area contributed by atoms with Crippen molar-refractivity contribution in [2.24, 2.45) is 0 Å². The monoisotopic (exact) mass is 460 g/mol. The minimum absolute atomic E-state index is 0.00747. The molecule has 178 valence electrons. The topological polar surface area (TPSA) is 66.8 Å². The van der Waals surface area contributed by atoms with E-state index in [0.29, 0.717) is 13.1 Å². The number of nitrogens with one attached hydrogen (secondary N) is 1. The van der Waals surface area contributed by atoms with Gasteiger partial charge in [-0.05, 0) is 55.3 Å². The summed E-state index contributed by atoms with van der Waals surface area (Å²) in [6, 6.07) is 19.2. The molecule has 1 aliphatic rings. The maximum Gasteiger partial charge on any atom is 0.317 e. The van der Waals surface area contributed by atoms with Crippen LogP contribution < -0.4 is 15.0 Å². The van der Waals surface area contributed by atoms with Gasteiger partial charge in [0, 0.05) is 19.3 Å². The van der Waals surface area contributed by atoms with E-state index in [1.165, 1.54) is 0 Å². The summed E-state index contributed by atoms with van der Waals surface area (Å²) in [6.07, 6.45) is 3.80. The fourth-order valence-corrected chi connectivity index (χ4v) is 4.47. The third-order valence-corrected chi connectivity index (χ3v) is 6.14. The standard InChI is InChI=1S/C27H32N4O3/c1-4-6-17-29(27(33)28-5-2)19-25(32)31-23-11-8-7-10-22(23)30-18-9-12-24(30)26(31)20-13-15-21(34-3)16-14-20/h7-16,18,26H,4-6,17,19H2,1-3H3,(H,28,33). The molecular weight excluding hydrogens is 428 g/mol. The Morgan fingerprint density at radius 3 is 2.41 bits per heavy atom. The molecule has 1 N–H and O–H groups in total. The Balaban J connectivity index is 1.76. The molecule has 1 aliphatic heterocycles. The average Bonchev–Trinajstić information content (AvgIpc) is 3.36. The van der Waals surface area contributed by atoms with Crippen LogP contribution in [0.4, 0.5) is 10.5 Å². The number of amides is 3. The van der Waals surface area contributed by atoms with E-state index in [-0.39, 0.29) is 24.5 Å². The van der Waals surface area contributed by atoms with Crippen LogP contribution in [-0.4, -0.2) is 48.1 Å². The van der Waals surface area contributed by atoms with Crippen molar-refractivity contribution in [1.82, 2.24) is 14.8 Å². The second-order valence-electron chi connectivity index (χ2n) is 8.34. The van der Waals surface area contributed by atoms with E-state index in [1.54, 1.807) is 12.0 Å². The summed E-state index contributed by atoms with van der Waals surface area (Å²) in [5.74, 6) is 0.637. The minimum Gasteiger partial charge on any atom is -0.497 e. The normalized spacial score (nSPS) is 14.2. The number of hydrogen-bond acceptors (Lipinski definition) is 3. The summed E-state index contributed by atoms with van der Waals surface area (Å²) < 4.78 is 7.48. The summed E-state index contributed by atoms with van der Waals surface area (Å²) >= 11 is 0. The number of rotatable bonds is 8. The largest absolute Gasteiger partial charge is 0.497 e. The number of benzene rings is 2. The average molecular weight is 461 g/mol. The number of unbranched alkanes of at least 4 members (excludes halogenated alkanes) is 1. The lowest BCUT2D eigenvalue weighted by Gasteiger charge is -2.39. The molecule has 3 aromatic rings. The minimum atomic E-state index is -0.328. The van der Waals surface area contributed by atoms with Gasteiger partial charge in [-0.1, -0.05) is 37.6 Å². The van der Waals surface area contributed by atoms with Crippen molar-refractivity contribution in [2.75, 3.05) is 31.6 Å². The highest BCUT2D eigenvalue weighted by atomic mass is 16.5. The van der Waals surface area contributed by atoms with E-state index in [4.69, 9.17) is 4.74 Å². The molecule has 0 fully saturated rings. The first-order chi connectivity index (χ1) is 16.6. The molecule has 3 amide bonds. The number of urea groups is 1. The SMILES string of the molecule is CCCCN(CC(=O)N1c2ccccc2-n2cccc2C1c1ccc(OC)cc1)C(=O)NCC. The van der Waals surface area contributed by atoms with Gasteiger partial charge in [-0.15, -0.1) is 0 Å². The summed E-state index contributed by atoms with van der Waals surface area (Å²) in [7, 11) is 1.64. The Hall–Kier alpha value is -3.74. The van der Waals surface area contributed by atoms with Gasteiger partial charge in [-0.3, -0.25) is 9.69 Å². The summed E-state index contributed by atoms with van der Waals surface area (Å²) in [6.45, 7) is 5.02. The number of aromatic nitrogens is 1. The maximum atomic E-state index is 14.0. The number of carbonyl (C=O) groups is 2. The second-order valence-corrected chi connectivity index (χ2v) is 8.34. The van der Waals surface area contributed by atoms with Gasteiger partial charge in [0.15, 0.2) is 0 Å². The molecule has 1 atom stereocenters. The molecule has 0 saturated heterocycles. The van der Waals surface area contributed by atoms with Crippen LogP contribution in [0.2, 0.25) is 0 Å². The molecule has 4 rings (SSSR count). The molecule has 7 heteroatoms. The quantitative estimate of drug-likeness (QED) is 0.527. The van der Waals surface area contributed by atoms with Crippen LogP contribution in [0.3, 0.4) is 0 Å². The molecule has 0 spiro atoms. The first kappa shape index (κ1) is 23.4.